The highest BCUT2D eigenvalue weighted by atomic mass is 32.2. The minimum atomic E-state index is -3.51. The molecule has 0 aliphatic carbocycles. The Morgan fingerprint density at radius 3 is 2.00 bits per heavy atom. The molecule has 28 heavy (non-hydrogen) atoms. The van der Waals surface area contributed by atoms with E-state index in [0.29, 0.717) is 31.1 Å². The third kappa shape index (κ3) is 4.60. The van der Waals surface area contributed by atoms with Crippen molar-refractivity contribution in [3.05, 3.63) is 66.2 Å². The van der Waals surface area contributed by atoms with E-state index in [1.54, 1.807) is 35.2 Å². The summed E-state index contributed by atoms with van der Waals surface area (Å²) in [6.07, 6.45) is 0. The Hall–Kier alpha value is -2.22. The van der Waals surface area contributed by atoms with Crippen molar-refractivity contribution in [2.45, 2.75) is 30.8 Å². The molecule has 1 fully saturated rings. The van der Waals surface area contributed by atoms with Crippen molar-refractivity contribution in [2.24, 2.45) is 0 Å². The Bertz CT molecular complexity index is 880. The Balaban J connectivity index is 1.56. The molecular formula is C21H27N3O3S. The topological polar surface area (TPSA) is 69.7 Å². The Morgan fingerprint density at radius 2 is 1.43 bits per heavy atom. The van der Waals surface area contributed by atoms with E-state index in [0.717, 1.165) is 5.56 Å². The number of carbonyl (C=O) groups is 1. The second-order valence-electron chi connectivity index (χ2n) is 7.06. The van der Waals surface area contributed by atoms with Crippen LogP contribution in [0.5, 0.6) is 0 Å². The van der Waals surface area contributed by atoms with Gasteiger partial charge in [-0.1, -0.05) is 48.5 Å². The van der Waals surface area contributed by atoms with Crippen molar-refractivity contribution in [2.75, 3.05) is 26.2 Å². The van der Waals surface area contributed by atoms with Crippen LogP contribution in [-0.2, 0) is 14.8 Å². The van der Waals surface area contributed by atoms with Gasteiger partial charge in [0, 0.05) is 32.2 Å². The first-order valence-electron chi connectivity index (χ1n) is 9.54. The maximum absolute atomic E-state index is 12.8. The van der Waals surface area contributed by atoms with E-state index in [1.807, 2.05) is 44.2 Å². The standard InChI is InChI=1S/C21H27N3O3S/c1-17(19-9-5-3-6-10-19)22-18(2)21(25)23-13-15-24(16-14-23)28(26,27)20-11-7-4-8-12-20/h3-12,17-18,22H,13-16H2,1-2H3/t17-,18+/m1/s1. The Labute approximate surface area is 167 Å². The smallest absolute Gasteiger partial charge is 0.243 e. The van der Waals surface area contributed by atoms with Crippen molar-refractivity contribution < 1.29 is 13.2 Å². The van der Waals surface area contributed by atoms with E-state index in [2.05, 4.69) is 5.32 Å². The van der Waals surface area contributed by atoms with Gasteiger partial charge in [0.25, 0.3) is 0 Å². The summed E-state index contributed by atoms with van der Waals surface area (Å²) in [5.74, 6) is -0.000426. The number of hydrogen-bond donors (Lipinski definition) is 1. The monoisotopic (exact) mass is 401 g/mol. The number of benzene rings is 2. The molecule has 1 N–H and O–H groups in total. The largest absolute Gasteiger partial charge is 0.339 e. The zero-order chi connectivity index (χ0) is 20.1. The Kier molecular flexibility index (Phi) is 6.49. The summed E-state index contributed by atoms with van der Waals surface area (Å²) in [5, 5.41) is 3.34. The fraction of sp³-hybridized carbons (Fsp3) is 0.381. The van der Waals surface area contributed by atoms with Crippen LogP contribution in [0.3, 0.4) is 0 Å². The molecule has 0 bridgehead atoms. The van der Waals surface area contributed by atoms with Crippen molar-refractivity contribution in [1.82, 2.24) is 14.5 Å². The third-order valence-electron chi connectivity index (χ3n) is 5.10. The summed E-state index contributed by atoms with van der Waals surface area (Å²) in [4.78, 5) is 14.8. The van der Waals surface area contributed by atoms with Crippen molar-refractivity contribution in [3.8, 4) is 0 Å². The summed E-state index contributed by atoms with van der Waals surface area (Å²) >= 11 is 0. The fourth-order valence-electron chi connectivity index (χ4n) is 3.45. The molecule has 2 atom stereocenters. The number of amides is 1. The van der Waals surface area contributed by atoms with Gasteiger partial charge in [0.1, 0.15) is 0 Å². The van der Waals surface area contributed by atoms with Gasteiger partial charge in [-0.3, -0.25) is 10.1 Å². The van der Waals surface area contributed by atoms with Crippen LogP contribution in [0.2, 0.25) is 0 Å². The predicted octanol–water partition coefficient (Wildman–Crippen LogP) is 2.26. The molecule has 2 aromatic rings. The van der Waals surface area contributed by atoms with Crippen LogP contribution in [0.4, 0.5) is 0 Å². The number of nitrogens with one attached hydrogen (secondary N) is 1. The highest BCUT2D eigenvalue weighted by Crippen LogP contribution is 2.18. The van der Waals surface area contributed by atoms with Crippen LogP contribution in [-0.4, -0.2) is 55.8 Å². The van der Waals surface area contributed by atoms with Gasteiger partial charge in [0.15, 0.2) is 0 Å². The lowest BCUT2D eigenvalue weighted by Gasteiger charge is -2.35. The quantitative estimate of drug-likeness (QED) is 0.806. The van der Waals surface area contributed by atoms with E-state index >= 15 is 0 Å². The lowest BCUT2D eigenvalue weighted by molar-refractivity contribution is -0.134. The van der Waals surface area contributed by atoms with Crippen molar-refractivity contribution in [3.63, 3.8) is 0 Å². The first-order chi connectivity index (χ1) is 13.4. The predicted molar refractivity (Wildman–Crippen MR) is 109 cm³/mol. The summed E-state index contributed by atoms with van der Waals surface area (Å²) < 4.78 is 26.9. The minimum absolute atomic E-state index is 0.000426. The van der Waals surface area contributed by atoms with E-state index in [4.69, 9.17) is 0 Å². The Morgan fingerprint density at radius 1 is 0.893 bits per heavy atom. The minimum Gasteiger partial charge on any atom is -0.339 e. The fourth-order valence-corrected chi connectivity index (χ4v) is 4.89. The molecule has 6 nitrogen and oxygen atoms in total. The second-order valence-corrected chi connectivity index (χ2v) is 9.00. The maximum Gasteiger partial charge on any atom is 0.243 e. The average Bonchev–Trinajstić information content (AvgIpc) is 2.74. The van der Waals surface area contributed by atoms with Gasteiger partial charge in [-0.05, 0) is 31.5 Å². The van der Waals surface area contributed by atoms with Gasteiger partial charge >= 0.3 is 0 Å². The first kappa shape index (κ1) is 20.5. The molecule has 0 spiro atoms. The van der Waals surface area contributed by atoms with Gasteiger partial charge in [-0.15, -0.1) is 0 Å². The van der Waals surface area contributed by atoms with Gasteiger partial charge in [-0.25, -0.2) is 8.42 Å². The first-order valence-corrected chi connectivity index (χ1v) is 11.0. The lowest BCUT2D eigenvalue weighted by Crippen LogP contribution is -2.54. The van der Waals surface area contributed by atoms with Crippen molar-refractivity contribution in [1.29, 1.82) is 0 Å². The van der Waals surface area contributed by atoms with Crippen LogP contribution < -0.4 is 5.32 Å². The molecule has 1 aliphatic heterocycles. The van der Waals surface area contributed by atoms with Crippen LogP contribution in [0.1, 0.15) is 25.5 Å². The molecule has 2 aromatic carbocycles. The molecule has 0 radical (unpaired) electrons. The van der Waals surface area contributed by atoms with Gasteiger partial charge in [0.2, 0.25) is 15.9 Å². The van der Waals surface area contributed by atoms with E-state index in [9.17, 15) is 13.2 Å². The molecule has 1 saturated heterocycles. The number of sulfonamides is 1. The van der Waals surface area contributed by atoms with Gasteiger partial charge in [0.05, 0.1) is 10.9 Å². The molecular weight excluding hydrogens is 374 g/mol. The van der Waals surface area contributed by atoms with E-state index in [-0.39, 0.29) is 18.0 Å². The zero-order valence-corrected chi connectivity index (χ0v) is 17.1. The molecule has 150 valence electrons. The molecule has 7 heteroatoms. The van der Waals surface area contributed by atoms with E-state index in [1.165, 1.54) is 4.31 Å². The molecule has 1 amide bonds. The lowest BCUT2D eigenvalue weighted by atomic mass is 10.1. The van der Waals surface area contributed by atoms with Crippen LogP contribution in [0, 0.1) is 0 Å². The number of piperazine rings is 1. The van der Waals surface area contributed by atoms with Crippen LogP contribution in [0.25, 0.3) is 0 Å². The average molecular weight is 402 g/mol. The molecule has 0 saturated carbocycles. The zero-order valence-electron chi connectivity index (χ0n) is 16.3. The van der Waals surface area contributed by atoms with Gasteiger partial charge in [-0.2, -0.15) is 4.31 Å². The maximum atomic E-state index is 12.8. The molecule has 3 rings (SSSR count). The summed E-state index contributed by atoms with van der Waals surface area (Å²) in [5.41, 5.74) is 1.13. The van der Waals surface area contributed by atoms with E-state index < -0.39 is 10.0 Å². The second kappa shape index (κ2) is 8.86. The summed E-state index contributed by atoms with van der Waals surface area (Å²) in [6, 6.07) is 18.1. The summed E-state index contributed by atoms with van der Waals surface area (Å²) in [6.45, 7) is 5.31. The highest BCUT2D eigenvalue weighted by Gasteiger charge is 2.31. The van der Waals surface area contributed by atoms with Crippen LogP contribution >= 0.6 is 0 Å². The molecule has 1 aliphatic rings. The normalized spacial score (nSPS) is 17.9. The third-order valence-corrected chi connectivity index (χ3v) is 7.01. The van der Waals surface area contributed by atoms with Gasteiger partial charge < -0.3 is 4.90 Å². The molecule has 0 unspecified atom stereocenters. The summed E-state index contributed by atoms with van der Waals surface area (Å²) in [7, 11) is -3.51. The highest BCUT2D eigenvalue weighted by molar-refractivity contribution is 7.89. The van der Waals surface area contributed by atoms with Crippen LogP contribution in [0.15, 0.2) is 65.6 Å². The number of rotatable bonds is 6. The molecule has 1 heterocycles. The number of hydrogen-bond acceptors (Lipinski definition) is 4. The number of carbonyl (C=O) groups excluding carboxylic acids is 1. The van der Waals surface area contributed by atoms with Crippen molar-refractivity contribution >= 4 is 15.9 Å². The SMILES string of the molecule is C[C@H](N[C@H](C)c1ccccc1)C(=O)N1CCN(S(=O)(=O)c2ccccc2)CC1. The molecule has 0 aromatic heterocycles. The number of nitrogens with zero attached hydrogens (tertiary/aromatic N) is 2.